The Kier molecular flexibility index (Phi) is 5.30. The van der Waals surface area contributed by atoms with Gasteiger partial charge in [0.1, 0.15) is 12.1 Å². The molecule has 0 radical (unpaired) electrons. The molecule has 2 aliphatic heterocycles. The molecule has 0 bridgehead atoms. The predicted molar refractivity (Wildman–Crippen MR) is 106 cm³/mol. The van der Waals surface area contributed by atoms with Crippen LogP contribution in [0.5, 0.6) is 0 Å². The molecule has 1 saturated carbocycles. The molecular weight excluding hydrogens is 374 g/mol. The van der Waals surface area contributed by atoms with E-state index in [-0.39, 0.29) is 30.0 Å². The van der Waals surface area contributed by atoms with E-state index in [1.54, 1.807) is 0 Å². The first-order valence-corrected chi connectivity index (χ1v) is 11.4. The summed E-state index contributed by atoms with van der Waals surface area (Å²) in [5, 5.41) is 10.8. The van der Waals surface area contributed by atoms with Gasteiger partial charge >= 0.3 is 0 Å². The molecular formula is C21H27N3O3S. The van der Waals surface area contributed by atoms with Crippen molar-refractivity contribution in [3.05, 3.63) is 34.3 Å². The van der Waals surface area contributed by atoms with Crippen molar-refractivity contribution in [3.8, 4) is 0 Å². The monoisotopic (exact) mass is 401 g/mol. The van der Waals surface area contributed by atoms with E-state index in [4.69, 9.17) is 9.47 Å². The molecule has 0 unspecified atom stereocenters. The van der Waals surface area contributed by atoms with Crippen molar-refractivity contribution in [2.75, 3.05) is 13.2 Å². The van der Waals surface area contributed by atoms with Crippen molar-refractivity contribution in [1.29, 1.82) is 0 Å². The van der Waals surface area contributed by atoms with E-state index in [0.717, 1.165) is 22.9 Å². The van der Waals surface area contributed by atoms with Gasteiger partial charge in [0.2, 0.25) is 0 Å². The lowest BCUT2D eigenvalue weighted by molar-refractivity contribution is 0.0585. The van der Waals surface area contributed by atoms with Gasteiger partial charge in [-0.05, 0) is 23.8 Å². The minimum absolute atomic E-state index is 0.0279. The highest BCUT2D eigenvalue weighted by Gasteiger charge is 2.49. The van der Waals surface area contributed by atoms with Crippen molar-refractivity contribution in [1.82, 2.24) is 15.0 Å². The van der Waals surface area contributed by atoms with Crippen molar-refractivity contribution in [2.45, 2.75) is 63.2 Å². The Morgan fingerprint density at radius 3 is 2.86 bits per heavy atom. The maximum atomic E-state index is 12.5. The average Bonchev–Trinajstić information content (AvgIpc) is 3.49. The second-order valence-electron chi connectivity index (χ2n) is 8.43. The SMILES string of the molecule is O=C(C[C@H]1CO[C@H]2[C@@H]1OC[C@@H]2n1cc(CC2CCCCC2)nn1)c1cccs1. The molecule has 2 aromatic heterocycles. The summed E-state index contributed by atoms with van der Waals surface area (Å²) in [6.07, 6.45) is 10.2. The fraction of sp³-hybridized carbons (Fsp3) is 0.667. The number of thiophene rings is 1. The van der Waals surface area contributed by atoms with E-state index in [0.29, 0.717) is 19.6 Å². The number of carbonyl (C=O) groups is 1. The lowest BCUT2D eigenvalue weighted by atomic mass is 9.86. The second-order valence-corrected chi connectivity index (χ2v) is 9.37. The molecule has 0 spiro atoms. The van der Waals surface area contributed by atoms with Crippen LogP contribution in [0.25, 0.3) is 0 Å². The molecule has 2 aromatic rings. The van der Waals surface area contributed by atoms with Crippen molar-refractivity contribution in [3.63, 3.8) is 0 Å². The molecule has 6 nitrogen and oxygen atoms in total. The predicted octanol–water partition coefficient (Wildman–Crippen LogP) is 3.69. The zero-order chi connectivity index (χ0) is 18.9. The highest BCUT2D eigenvalue weighted by molar-refractivity contribution is 7.12. The quantitative estimate of drug-likeness (QED) is 0.691. The summed E-state index contributed by atoms with van der Waals surface area (Å²) < 4.78 is 14.1. The third-order valence-electron chi connectivity index (χ3n) is 6.49. The molecule has 0 N–H and O–H groups in total. The molecule has 28 heavy (non-hydrogen) atoms. The molecule has 3 fully saturated rings. The normalized spacial score (nSPS) is 30.6. The second kappa shape index (κ2) is 8.05. The minimum Gasteiger partial charge on any atom is -0.373 e. The third kappa shape index (κ3) is 3.67. The van der Waals surface area contributed by atoms with Crippen LogP contribution in [0.15, 0.2) is 23.7 Å². The lowest BCUT2D eigenvalue weighted by Gasteiger charge is -2.20. The Hall–Kier alpha value is -1.57. The number of ether oxygens (including phenoxy) is 2. The van der Waals surface area contributed by atoms with Gasteiger partial charge in [0, 0.05) is 18.5 Å². The average molecular weight is 402 g/mol. The van der Waals surface area contributed by atoms with E-state index in [1.165, 1.54) is 43.4 Å². The van der Waals surface area contributed by atoms with Gasteiger partial charge in [0.15, 0.2) is 5.78 Å². The number of Topliss-reactive ketones (excluding diaryl/α,β-unsaturated/α-hetero) is 1. The number of aromatic nitrogens is 3. The fourth-order valence-electron chi connectivity index (χ4n) is 4.99. The Morgan fingerprint density at radius 1 is 1.18 bits per heavy atom. The van der Waals surface area contributed by atoms with Crippen molar-refractivity contribution < 1.29 is 14.3 Å². The van der Waals surface area contributed by atoms with Gasteiger partial charge in [-0.15, -0.1) is 16.4 Å². The van der Waals surface area contributed by atoms with Crippen LogP contribution in [0.1, 0.15) is 59.9 Å². The Morgan fingerprint density at radius 2 is 2.04 bits per heavy atom. The number of fused-ring (bicyclic) bond motifs is 1. The van der Waals surface area contributed by atoms with Crippen LogP contribution in [0.3, 0.4) is 0 Å². The van der Waals surface area contributed by atoms with E-state index in [9.17, 15) is 4.79 Å². The Labute approximate surface area is 169 Å². The summed E-state index contributed by atoms with van der Waals surface area (Å²) in [6, 6.07) is 3.87. The maximum Gasteiger partial charge on any atom is 0.173 e. The van der Waals surface area contributed by atoms with Crippen LogP contribution in [0.2, 0.25) is 0 Å². The van der Waals surface area contributed by atoms with Crippen LogP contribution in [-0.4, -0.2) is 46.2 Å². The minimum atomic E-state index is -0.0367. The van der Waals surface area contributed by atoms with E-state index < -0.39 is 0 Å². The first kappa shape index (κ1) is 18.5. The van der Waals surface area contributed by atoms with Crippen LogP contribution in [0, 0.1) is 11.8 Å². The third-order valence-corrected chi connectivity index (χ3v) is 7.40. The summed E-state index contributed by atoms with van der Waals surface area (Å²) in [5.74, 6) is 1.06. The number of rotatable bonds is 6. The van der Waals surface area contributed by atoms with Gasteiger partial charge in [-0.1, -0.05) is 43.4 Å². The van der Waals surface area contributed by atoms with Gasteiger partial charge in [-0.3, -0.25) is 4.79 Å². The molecule has 4 atom stereocenters. The van der Waals surface area contributed by atoms with E-state index >= 15 is 0 Å². The molecule has 4 heterocycles. The number of carbonyl (C=O) groups excluding carboxylic acids is 1. The summed E-state index contributed by atoms with van der Waals surface area (Å²) in [5.41, 5.74) is 1.08. The first-order valence-electron chi connectivity index (χ1n) is 10.5. The van der Waals surface area contributed by atoms with Crippen molar-refractivity contribution in [2.24, 2.45) is 11.8 Å². The maximum absolute atomic E-state index is 12.5. The smallest absolute Gasteiger partial charge is 0.173 e. The summed E-state index contributed by atoms with van der Waals surface area (Å²) in [7, 11) is 0. The Balaban J connectivity index is 1.21. The summed E-state index contributed by atoms with van der Waals surface area (Å²) in [4.78, 5) is 13.3. The number of ketones is 1. The van der Waals surface area contributed by atoms with E-state index in [2.05, 4.69) is 16.5 Å². The van der Waals surface area contributed by atoms with Gasteiger partial charge in [0.25, 0.3) is 0 Å². The van der Waals surface area contributed by atoms with Gasteiger partial charge < -0.3 is 9.47 Å². The van der Waals surface area contributed by atoms with Gasteiger partial charge in [0.05, 0.1) is 29.9 Å². The number of hydrogen-bond donors (Lipinski definition) is 0. The van der Waals surface area contributed by atoms with Gasteiger partial charge in [-0.25, -0.2) is 4.68 Å². The molecule has 3 aliphatic rings. The fourth-order valence-corrected chi connectivity index (χ4v) is 5.67. The first-order chi connectivity index (χ1) is 13.8. The zero-order valence-corrected chi connectivity index (χ0v) is 16.9. The summed E-state index contributed by atoms with van der Waals surface area (Å²) in [6.45, 7) is 1.15. The molecule has 150 valence electrons. The zero-order valence-electron chi connectivity index (χ0n) is 16.0. The van der Waals surface area contributed by atoms with Crippen LogP contribution >= 0.6 is 11.3 Å². The van der Waals surface area contributed by atoms with Crippen LogP contribution in [0.4, 0.5) is 0 Å². The highest BCUT2D eigenvalue weighted by atomic mass is 32.1. The highest BCUT2D eigenvalue weighted by Crippen LogP contribution is 2.39. The molecule has 1 aliphatic carbocycles. The van der Waals surface area contributed by atoms with Crippen LogP contribution in [-0.2, 0) is 15.9 Å². The standard InChI is InChI=1S/C21H27N3O3S/c25-18(19-7-4-8-28-19)10-15-12-26-21-17(13-27-20(15)21)24-11-16(22-23-24)9-14-5-2-1-3-6-14/h4,7-8,11,14-15,17,20-21H,1-3,5-6,9-10,12-13H2/t15-,17-,20+,21+/m0/s1. The van der Waals surface area contributed by atoms with Crippen molar-refractivity contribution >= 4 is 17.1 Å². The molecule has 0 amide bonds. The lowest BCUT2D eigenvalue weighted by Crippen LogP contribution is -2.29. The largest absolute Gasteiger partial charge is 0.373 e. The van der Waals surface area contributed by atoms with Crippen LogP contribution < -0.4 is 0 Å². The molecule has 2 saturated heterocycles. The number of hydrogen-bond acceptors (Lipinski definition) is 6. The topological polar surface area (TPSA) is 66.2 Å². The molecule has 7 heteroatoms. The number of nitrogens with zero attached hydrogens (tertiary/aromatic N) is 3. The molecule has 0 aromatic carbocycles. The molecule has 5 rings (SSSR count). The van der Waals surface area contributed by atoms with E-state index in [1.807, 2.05) is 22.2 Å². The Bertz CT molecular complexity index is 800. The summed E-state index contributed by atoms with van der Waals surface area (Å²) >= 11 is 1.50. The van der Waals surface area contributed by atoms with Gasteiger partial charge in [-0.2, -0.15) is 0 Å².